The average molecular weight is 430 g/mol. The molecule has 2 aromatic heterocycles. The zero-order chi connectivity index (χ0) is 21.4. The molecule has 0 aliphatic heterocycles. The molecule has 1 aliphatic rings. The van der Waals surface area contributed by atoms with Crippen molar-refractivity contribution in [2.45, 2.75) is 18.8 Å². The first-order valence-electron chi connectivity index (χ1n) is 8.99. The topological polar surface area (TPSA) is 107 Å². The molecule has 4 rings (SSSR count). The number of pyridine rings is 1. The molecule has 0 saturated heterocycles. The molecule has 3 N–H and O–H groups in total. The zero-order valence-corrected chi connectivity index (χ0v) is 16.6. The molecule has 1 saturated carbocycles. The Labute approximate surface area is 173 Å². The van der Waals surface area contributed by atoms with E-state index in [0.717, 1.165) is 23.9 Å². The summed E-state index contributed by atoms with van der Waals surface area (Å²) in [6.45, 7) is 0. The molecule has 0 bridgehead atoms. The summed E-state index contributed by atoms with van der Waals surface area (Å²) < 4.78 is 33.0. The van der Waals surface area contributed by atoms with Crippen molar-refractivity contribution in [1.82, 2.24) is 9.97 Å². The van der Waals surface area contributed by atoms with Crippen molar-refractivity contribution in [3.05, 3.63) is 58.5 Å². The molecule has 2 amide bonds. The van der Waals surface area contributed by atoms with Gasteiger partial charge in [-0.25, -0.2) is 9.37 Å². The van der Waals surface area contributed by atoms with Crippen molar-refractivity contribution in [2.24, 2.45) is 5.73 Å². The van der Waals surface area contributed by atoms with Crippen molar-refractivity contribution in [2.75, 3.05) is 12.4 Å². The van der Waals surface area contributed by atoms with E-state index in [4.69, 9.17) is 10.5 Å². The number of ether oxygens (including phenoxy) is 1. The number of carbonyl (C=O) groups excluding carboxylic acids is 2. The van der Waals surface area contributed by atoms with Crippen LogP contribution in [-0.2, 0) is 0 Å². The molecule has 30 heavy (non-hydrogen) atoms. The summed E-state index contributed by atoms with van der Waals surface area (Å²) in [6, 6.07) is 5.17. The SMILES string of the molecule is COc1c(-c2sc(C3CC3)nc2C(=O)Nc2ccnc(C(N)=O)c2)ccc(F)c1F. The number of nitrogens with zero attached hydrogens (tertiary/aromatic N) is 2. The highest BCUT2D eigenvalue weighted by molar-refractivity contribution is 7.15. The second-order valence-electron chi connectivity index (χ2n) is 6.69. The fourth-order valence-electron chi connectivity index (χ4n) is 2.92. The van der Waals surface area contributed by atoms with Crippen LogP contribution in [0.2, 0.25) is 0 Å². The lowest BCUT2D eigenvalue weighted by Crippen LogP contribution is -2.16. The first kappa shape index (κ1) is 19.9. The van der Waals surface area contributed by atoms with Gasteiger partial charge < -0.3 is 15.8 Å². The molecule has 154 valence electrons. The number of thiazole rings is 1. The lowest BCUT2D eigenvalue weighted by molar-refractivity contribution is 0.0991. The highest BCUT2D eigenvalue weighted by Crippen LogP contribution is 2.46. The van der Waals surface area contributed by atoms with Crippen molar-refractivity contribution < 1.29 is 23.1 Å². The first-order chi connectivity index (χ1) is 14.4. The fourth-order valence-corrected chi connectivity index (χ4v) is 4.18. The Hall–Kier alpha value is -3.40. The number of aromatic nitrogens is 2. The molecule has 0 atom stereocenters. The van der Waals surface area contributed by atoms with E-state index in [2.05, 4.69) is 15.3 Å². The van der Waals surface area contributed by atoms with Crippen molar-refractivity contribution >= 4 is 28.8 Å². The van der Waals surface area contributed by atoms with Gasteiger partial charge in [-0.1, -0.05) is 0 Å². The number of nitrogens with one attached hydrogen (secondary N) is 1. The predicted octanol–water partition coefficient (Wildman–Crippen LogP) is 3.72. The van der Waals surface area contributed by atoms with E-state index < -0.39 is 23.4 Å². The van der Waals surface area contributed by atoms with Gasteiger partial charge in [-0.2, -0.15) is 4.39 Å². The summed E-state index contributed by atoms with van der Waals surface area (Å²) >= 11 is 1.25. The Bertz CT molecular complexity index is 1160. The van der Waals surface area contributed by atoms with Gasteiger partial charge in [-0.15, -0.1) is 11.3 Å². The highest BCUT2D eigenvalue weighted by Gasteiger charge is 2.32. The van der Waals surface area contributed by atoms with E-state index >= 15 is 0 Å². The number of carbonyl (C=O) groups is 2. The third-order valence-electron chi connectivity index (χ3n) is 4.55. The Kier molecular flexibility index (Phi) is 5.17. The van der Waals surface area contributed by atoms with Crippen molar-refractivity contribution in [1.29, 1.82) is 0 Å². The monoisotopic (exact) mass is 430 g/mol. The Balaban J connectivity index is 1.75. The molecule has 10 heteroatoms. The second-order valence-corrected chi connectivity index (χ2v) is 7.73. The normalized spacial score (nSPS) is 13.2. The molecule has 3 aromatic rings. The van der Waals surface area contributed by atoms with Gasteiger partial charge in [0.25, 0.3) is 11.8 Å². The fraction of sp³-hybridized carbons (Fsp3) is 0.200. The summed E-state index contributed by atoms with van der Waals surface area (Å²) in [6.07, 6.45) is 3.25. The minimum Gasteiger partial charge on any atom is -0.493 e. The molecule has 0 radical (unpaired) electrons. The lowest BCUT2D eigenvalue weighted by Gasteiger charge is -2.10. The van der Waals surface area contributed by atoms with Crippen LogP contribution >= 0.6 is 11.3 Å². The van der Waals surface area contributed by atoms with E-state index in [1.807, 2.05) is 0 Å². The Morgan fingerprint density at radius 2 is 2.03 bits per heavy atom. The molecule has 7 nitrogen and oxygen atoms in total. The standard InChI is InChI=1S/C20H16F2N4O3S/c1-29-16-11(4-5-12(21)14(16)22)17-15(26-20(30-17)9-2-3-9)19(28)25-10-6-7-24-13(8-10)18(23)27/h4-9H,2-3H2,1H3,(H2,23,27)(H,24,25,28). The molecule has 0 unspecified atom stereocenters. The molecular weight excluding hydrogens is 414 g/mol. The van der Waals surface area contributed by atoms with E-state index in [-0.39, 0.29) is 28.6 Å². The van der Waals surface area contributed by atoms with Crippen LogP contribution in [0.25, 0.3) is 10.4 Å². The molecule has 1 aromatic carbocycles. The summed E-state index contributed by atoms with van der Waals surface area (Å²) in [5.74, 6) is -3.54. The molecule has 0 spiro atoms. The number of nitrogens with two attached hydrogens (primary N) is 1. The van der Waals surface area contributed by atoms with Gasteiger partial charge in [0.05, 0.1) is 17.0 Å². The van der Waals surface area contributed by atoms with Gasteiger partial charge in [0.2, 0.25) is 5.82 Å². The average Bonchev–Trinajstić information content (AvgIpc) is 3.48. The van der Waals surface area contributed by atoms with Crippen LogP contribution in [0.1, 0.15) is 44.7 Å². The molecule has 2 heterocycles. The Morgan fingerprint density at radius 1 is 1.27 bits per heavy atom. The van der Waals surface area contributed by atoms with Crippen molar-refractivity contribution in [3.8, 4) is 16.2 Å². The molecule has 1 fully saturated rings. The maximum atomic E-state index is 14.3. The number of anilines is 1. The van der Waals surface area contributed by atoms with Crippen LogP contribution in [0.15, 0.2) is 30.5 Å². The van der Waals surface area contributed by atoms with E-state index in [0.29, 0.717) is 10.6 Å². The summed E-state index contributed by atoms with van der Waals surface area (Å²) in [7, 11) is 1.23. The number of amides is 2. The maximum Gasteiger partial charge on any atom is 0.275 e. The smallest absolute Gasteiger partial charge is 0.275 e. The van der Waals surface area contributed by atoms with Crippen LogP contribution in [0.5, 0.6) is 5.75 Å². The number of halogens is 2. The molecule has 1 aliphatic carbocycles. The van der Waals surface area contributed by atoms with E-state index in [1.165, 1.54) is 42.8 Å². The van der Waals surface area contributed by atoms with Crippen LogP contribution < -0.4 is 15.8 Å². The number of primary amides is 1. The van der Waals surface area contributed by atoms with Gasteiger partial charge in [0.1, 0.15) is 11.4 Å². The zero-order valence-electron chi connectivity index (χ0n) is 15.7. The third kappa shape index (κ3) is 3.73. The van der Waals surface area contributed by atoms with Crippen LogP contribution in [-0.4, -0.2) is 28.9 Å². The third-order valence-corrected chi connectivity index (χ3v) is 5.81. The minimum absolute atomic E-state index is 0.00718. The maximum absolute atomic E-state index is 14.3. The highest BCUT2D eigenvalue weighted by atomic mass is 32.1. The number of rotatable bonds is 6. The number of benzene rings is 1. The van der Waals surface area contributed by atoms with Crippen LogP contribution in [0.4, 0.5) is 14.5 Å². The predicted molar refractivity (Wildman–Crippen MR) is 107 cm³/mol. The number of hydrogen-bond acceptors (Lipinski definition) is 6. The van der Waals surface area contributed by atoms with Gasteiger partial charge in [-0.3, -0.25) is 14.6 Å². The summed E-state index contributed by atoms with van der Waals surface area (Å²) in [4.78, 5) is 33.0. The van der Waals surface area contributed by atoms with Crippen LogP contribution in [0.3, 0.4) is 0 Å². The second kappa shape index (κ2) is 7.79. The van der Waals surface area contributed by atoms with E-state index in [1.54, 1.807) is 0 Å². The largest absolute Gasteiger partial charge is 0.493 e. The quantitative estimate of drug-likeness (QED) is 0.620. The summed E-state index contributed by atoms with van der Waals surface area (Å²) in [5, 5.41) is 3.39. The number of methoxy groups -OCH3 is 1. The van der Waals surface area contributed by atoms with E-state index in [9.17, 15) is 18.4 Å². The van der Waals surface area contributed by atoms with Gasteiger partial charge in [0, 0.05) is 23.4 Å². The van der Waals surface area contributed by atoms with Crippen LogP contribution in [0, 0.1) is 11.6 Å². The van der Waals surface area contributed by atoms with Crippen molar-refractivity contribution in [3.63, 3.8) is 0 Å². The minimum atomic E-state index is -1.14. The lowest BCUT2D eigenvalue weighted by atomic mass is 10.1. The number of hydrogen-bond donors (Lipinski definition) is 2. The van der Waals surface area contributed by atoms with Gasteiger partial charge in [0.15, 0.2) is 11.6 Å². The summed E-state index contributed by atoms with van der Waals surface area (Å²) in [5.41, 5.74) is 5.81. The van der Waals surface area contributed by atoms with Gasteiger partial charge in [-0.05, 0) is 37.1 Å². The molecular formula is C20H16F2N4O3S. The Morgan fingerprint density at radius 3 is 2.70 bits per heavy atom. The first-order valence-corrected chi connectivity index (χ1v) is 9.81. The van der Waals surface area contributed by atoms with Gasteiger partial charge >= 0.3 is 0 Å².